The molecule has 0 radical (unpaired) electrons. The third-order valence-electron chi connectivity index (χ3n) is 5.68. The largest absolute Gasteiger partial charge is 0.456 e. The number of guanidine groups is 1. The molecule has 0 aliphatic heterocycles. The summed E-state index contributed by atoms with van der Waals surface area (Å²) in [6.45, 7) is 3.28. The van der Waals surface area contributed by atoms with Crippen LogP contribution >= 0.6 is 11.6 Å². The minimum absolute atomic E-state index is 0.0223. The first-order chi connectivity index (χ1) is 17.5. The Labute approximate surface area is 215 Å². The number of hydrogen-bond donors (Lipinski definition) is 3. The third kappa shape index (κ3) is 8.11. The minimum atomic E-state index is -4.87. The van der Waals surface area contributed by atoms with Crippen molar-refractivity contribution in [1.82, 2.24) is 16.0 Å². The van der Waals surface area contributed by atoms with E-state index in [-0.39, 0.29) is 42.0 Å². The maximum atomic E-state index is 13.4. The Morgan fingerprint density at radius 2 is 1.78 bits per heavy atom. The molecule has 0 spiro atoms. The number of nitrogens with zero attached hydrogens (tertiary/aromatic N) is 1. The molecule has 1 saturated carbocycles. The van der Waals surface area contributed by atoms with Gasteiger partial charge in [-0.2, -0.15) is 18.2 Å². The van der Waals surface area contributed by atoms with Crippen LogP contribution in [0.1, 0.15) is 60.0 Å². The lowest BCUT2D eigenvalue weighted by Crippen LogP contribution is -2.47. The molecular formula is C24H27ClF4N4O4. The molecule has 2 aromatic rings. The average Bonchev–Trinajstić information content (AvgIpc) is 3.22. The van der Waals surface area contributed by atoms with Gasteiger partial charge in [0.05, 0.1) is 12.2 Å². The summed E-state index contributed by atoms with van der Waals surface area (Å²) in [7, 11) is 0. The molecule has 1 aromatic carbocycles. The van der Waals surface area contributed by atoms with E-state index in [9.17, 15) is 27.2 Å². The van der Waals surface area contributed by atoms with E-state index in [0.717, 1.165) is 12.1 Å². The zero-order valence-corrected chi connectivity index (χ0v) is 20.9. The van der Waals surface area contributed by atoms with Gasteiger partial charge in [0.2, 0.25) is 5.76 Å². The van der Waals surface area contributed by atoms with Crippen LogP contribution in [-0.4, -0.2) is 36.7 Å². The van der Waals surface area contributed by atoms with Crippen LogP contribution < -0.4 is 16.0 Å². The molecule has 0 saturated heterocycles. The maximum Gasteiger partial charge on any atom is 0.450 e. The monoisotopic (exact) mass is 546 g/mol. The normalized spacial score (nSPS) is 18.3. The first-order valence-corrected chi connectivity index (χ1v) is 12.0. The van der Waals surface area contributed by atoms with E-state index >= 15 is 0 Å². The van der Waals surface area contributed by atoms with Gasteiger partial charge in [0, 0.05) is 23.7 Å². The molecule has 1 aliphatic carbocycles. The van der Waals surface area contributed by atoms with Crippen molar-refractivity contribution < 1.29 is 36.3 Å². The molecule has 3 N–H and O–H groups in total. The molecular weight excluding hydrogens is 520 g/mol. The van der Waals surface area contributed by atoms with Crippen LogP contribution in [0.2, 0.25) is 5.02 Å². The highest BCUT2D eigenvalue weighted by atomic mass is 35.5. The summed E-state index contributed by atoms with van der Waals surface area (Å²) in [6, 6.07) is 4.48. The fraction of sp³-hybridized carbons (Fsp3) is 0.458. The Hall–Kier alpha value is -3.28. The van der Waals surface area contributed by atoms with Gasteiger partial charge in [0.1, 0.15) is 11.6 Å². The second-order valence-electron chi connectivity index (χ2n) is 8.51. The van der Waals surface area contributed by atoms with Gasteiger partial charge in [0.15, 0.2) is 5.96 Å². The van der Waals surface area contributed by atoms with E-state index in [1.165, 1.54) is 19.1 Å². The van der Waals surface area contributed by atoms with Crippen LogP contribution in [0.5, 0.6) is 0 Å². The van der Waals surface area contributed by atoms with Gasteiger partial charge in [-0.1, -0.05) is 17.7 Å². The van der Waals surface area contributed by atoms with Gasteiger partial charge in [-0.3, -0.25) is 4.79 Å². The number of aryl methyl sites for hydroxylation is 1. The van der Waals surface area contributed by atoms with Crippen molar-refractivity contribution in [3.63, 3.8) is 0 Å². The van der Waals surface area contributed by atoms with Crippen molar-refractivity contribution in [2.24, 2.45) is 4.99 Å². The van der Waals surface area contributed by atoms with E-state index in [1.54, 1.807) is 6.92 Å². The van der Waals surface area contributed by atoms with E-state index in [1.807, 2.05) is 0 Å². The Balaban J connectivity index is 1.76. The van der Waals surface area contributed by atoms with Crippen molar-refractivity contribution in [3.05, 3.63) is 57.8 Å². The molecule has 37 heavy (non-hydrogen) atoms. The number of amides is 2. The number of benzene rings is 1. The SMILES string of the molecule is CCOC(=O)NC1CCC(N/C(=N\C(=O)c2cc(C)oc2C(F)(F)F)NCc2ccc(F)cc2Cl)CC1. The van der Waals surface area contributed by atoms with Crippen molar-refractivity contribution >= 4 is 29.6 Å². The van der Waals surface area contributed by atoms with Crippen molar-refractivity contribution in [2.45, 2.75) is 64.3 Å². The predicted molar refractivity (Wildman–Crippen MR) is 128 cm³/mol. The van der Waals surface area contributed by atoms with E-state index < -0.39 is 35.3 Å². The van der Waals surface area contributed by atoms with Crippen LogP contribution in [0.3, 0.4) is 0 Å². The Bertz CT molecular complexity index is 1140. The number of ether oxygens (including phenoxy) is 1. The summed E-state index contributed by atoms with van der Waals surface area (Å²) in [5.41, 5.74) is -0.226. The molecule has 1 fully saturated rings. The molecule has 2 amide bonds. The number of nitrogens with one attached hydrogen (secondary N) is 3. The molecule has 1 aromatic heterocycles. The zero-order valence-electron chi connectivity index (χ0n) is 20.2. The number of rotatable bonds is 6. The topological polar surface area (TPSA) is 105 Å². The van der Waals surface area contributed by atoms with Gasteiger partial charge >= 0.3 is 12.3 Å². The standard InChI is InChI=1S/C24H27ClF4N4O4/c1-3-36-23(35)32-17-8-6-16(7-9-17)31-22(30-12-14-4-5-15(26)11-19(14)25)33-21(34)18-10-13(2)37-20(18)24(27,28)29/h4-5,10-11,16-17H,3,6-9,12H2,1-2H3,(H,32,35)(H2,30,31,33,34). The molecule has 0 bridgehead atoms. The summed E-state index contributed by atoms with van der Waals surface area (Å²) >= 11 is 6.07. The highest BCUT2D eigenvalue weighted by molar-refractivity contribution is 6.31. The zero-order chi connectivity index (χ0) is 27.2. The highest BCUT2D eigenvalue weighted by Crippen LogP contribution is 2.34. The smallest absolute Gasteiger partial charge is 0.450 e. The lowest BCUT2D eigenvalue weighted by atomic mass is 9.91. The van der Waals surface area contributed by atoms with Crippen molar-refractivity contribution in [1.29, 1.82) is 0 Å². The summed E-state index contributed by atoms with van der Waals surface area (Å²) in [6.07, 6.45) is -2.98. The number of aliphatic imine (C=N–C) groups is 1. The number of alkyl halides is 3. The summed E-state index contributed by atoms with van der Waals surface area (Å²) in [5, 5.41) is 8.86. The number of carbonyl (C=O) groups excluding carboxylic acids is 2. The van der Waals surface area contributed by atoms with E-state index in [2.05, 4.69) is 20.9 Å². The van der Waals surface area contributed by atoms with Gasteiger partial charge in [-0.05, 0) is 63.3 Å². The summed E-state index contributed by atoms with van der Waals surface area (Å²) in [5.74, 6) is -3.26. The van der Waals surface area contributed by atoms with Crippen LogP contribution in [-0.2, 0) is 17.5 Å². The van der Waals surface area contributed by atoms with Crippen molar-refractivity contribution in [3.8, 4) is 0 Å². The first-order valence-electron chi connectivity index (χ1n) is 11.6. The molecule has 3 rings (SSSR count). The molecule has 0 atom stereocenters. The van der Waals surface area contributed by atoms with Gasteiger partial charge in [-0.25, -0.2) is 9.18 Å². The minimum Gasteiger partial charge on any atom is -0.456 e. The van der Waals surface area contributed by atoms with Crippen LogP contribution in [0.4, 0.5) is 22.4 Å². The lowest BCUT2D eigenvalue weighted by molar-refractivity contribution is -0.153. The summed E-state index contributed by atoms with van der Waals surface area (Å²) < 4.78 is 63.0. The van der Waals surface area contributed by atoms with Crippen LogP contribution in [0.25, 0.3) is 0 Å². The average molecular weight is 547 g/mol. The molecule has 0 unspecified atom stereocenters. The Kier molecular flexibility index (Phi) is 9.41. The van der Waals surface area contributed by atoms with Gasteiger partial charge in [0.25, 0.3) is 5.91 Å². The van der Waals surface area contributed by atoms with Crippen molar-refractivity contribution in [2.75, 3.05) is 6.61 Å². The second-order valence-corrected chi connectivity index (χ2v) is 8.92. The second kappa shape index (κ2) is 12.3. The lowest BCUT2D eigenvalue weighted by Gasteiger charge is -2.30. The van der Waals surface area contributed by atoms with E-state index in [4.69, 9.17) is 20.8 Å². The molecule has 202 valence electrons. The third-order valence-corrected chi connectivity index (χ3v) is 6.04. The molecule has 8 nitrogen and oxygen atoms in total. The Morgan fingerprint density at radius 3 is 2.38 bits per heavy atom. The number of furan rings is 1. The summed E-state index contributed by atoms with van der Waals surface area (Å²) in [4.78, 5) is 28.3. The quantitative estimate of drug-likeness (QED) is 0.257. The number of halogens is 5. The fourth-order valence-corrected chi connectivity index (χ4v) is 4.16. The van der Waals surface area contributed by atoms with Gasteiger partial charge in [-0.15, -0.1) is 0 Å². The number of hydrogen-bond acceptors (Lipinski definition) is 4. The Morgan fingerprint density at radius 1 is 1.14 bits per heavy atom. The fourth-order valence-electron chi connectivity index (χ4n) is 3.93. The number of carbonyl (C=O) groups is 2. The molecule has 13 heteroatoms. The molecule has 1 heterocycles. The number of alkyl carbamates (subject to hydrolysis) is 1. The van der Waals surface area contributed by atoms with Crippen LogP contribution in [0, 0.1) is 12.7 Å². The van der Waals surface area contributed by atoms with Gasteiger partial charge < -0.3 is 25.1 Å². The van der Waals surface area contributed by atoms with Crippen LogP contribution in [0.15, 0.2) is 33.7 Å². The highest BCUT2D eigenvalue weighted by Gasteiger charge is 2.40. The maximum absolute atomic E-state index is 13.4. The van der Waals surface area contributed by atoms with E-state index in [0.29, 0.717) is 31.2 Å². The first kappa shape index (κ1) is 28.3. The molecule has 1 aliphatic rings. The predicted octanol–water partition coefficient (Wildman–Crippen LogP) is 5.33.